The van der Waals surface area contributed by atoms with E-state index < -0.39 is 5.97 Å². The largest absolute Gasteiger partial charge is 0.493 e. The molecule has 2 rings (SSSR count). The van der Waals surface area contributed by atoms with Crippen molar-refractivity contribution in [2.75, 3.05) is 18.6 Å². The van der Waals surface area contributed by atoms with Crippen molar-refractivity contribution in [1.29, 1.82) is 5.26 Å². The molecule has 8 nitrogen and oxygen atoms in total. The van der Waals surface area contributed by atoms with Crippen LogP contribution in [0.15, 0.2) is 16.6 Å². The summed E-state index contributed by atoms with van der Waals surface area (Å²) in [6, 6.07) is 5.12. The summed E-state index contributed by atoms with van der Waals surface area (Å²) in [6.07, 6.45) is 0. The highest BCUT2D eigenvalue weighted by Gasteiger charge is 2.19. The minimum Gasteiger partial charge on any atom is -0.493 e. The predicted octanol–water partition coefficient (Wildman–Crippen LogP) is 1.88. The van der Waals surface area contributed by atoms with Gasteiger partial charge in [-0.2, -0.15) is 10.2 Å². The van der Waals surface area contributed by atoms with Crippen LogP contribution in [0.5, 0.6) is 11.5 Å². The first-order valence-corrected chi connectivity index (χ1v) is 7.06. The van der Waals surface area contributed by atoms with Crippen LogP contribution in [0.2, 0.25) is 0 Å². The number of esters is 1. The monoisotopic (exact) mass is 377 g/mol. The molecule has 0 unspecified atom stereocenters. The third-order valence-electron chi connectivity index (χ3n) is 2.81. The number of aromatic nitrogens is 2. The van der Waals surface area contributed by atoms with Gasteiger partial charge in [-0.05, 0) is 28.1 Å². The van der Waals surface area contributed by atoms with E-state index in [0.717, 1.165) is 0 Å². The van der Waals surface area contributed by atoms with E-state index in [4.69, 9.17) is 20.9 Å². The lowest BCUT2D eigenvalue weighted by Crippen LogP contribution is -2.06. The average molecular weight is 378 g/mol. The lowest BCUT2D eigenvalue weighted by molar-refractivity contribution is -0.132. The van der Waals surface area contributed by atoms with Gasteiger partial charge < -0.3 is 20.9 Å². The molecule has 0 spiro atoms. The Balaban J connectivity index is 2.69. The standard InChI is InChI=1S/C14H12BrN5O3/c1-6(21)23-12-9(15)3-7(4-10(12)22-2)11-8(5-16)13(17)20-14(18)19-11/h3-4H,1-2H3,(H4,17,18,19,20). The van der Waals surface area contributed by atoms with Crippen LogP contribution in [0, 0.1) is 11.3 Å². The smallest absolute Gasteiger partial charge is 0.308 e. The van der Waals surface area contributed by atoms with E-state index in [1.165, 1.54) is 14.0 Å². The van der Waals surface area contributed by atoms with Gasteiger partial charge in [0.1, 0.15) is 17.5 Å². The van der Waals surface area contributed by atoms with Crippen LogP contribution in [-0.4, -0.2) is 23.0 Å². The average Bonchev–Trinajstić information content (AvgIpc) is 2.48. The lowest BCUT2D eigenvalue weighted by Gasteiger charge is -2.13. The SMILES string of the molecule is COc1cc(-c2nc(N)nc(N)c2C#N)cc(Br)c1OC(C)=O. The Morgan fingerprint density at radius 2 is 2.04 bits per heavy atom. The van der Waals surface area contributed by atoms with Gasteiger partial charge in [0, 0.05) is 12.5 Å². The summed E-state index contributed by atoms with van der Waals surface area (Å²) in [5, 5.41) is 9.26. The van der Waals surface area contributed by atoms with Crippen LogP contribution in [0.1, 0.15) is 12.5 Å². The number of anilines is 2. The van der Waals surface area contributed by atoms with Crippen molar-refractivity contribution in [2.24, 2.45) is 0 Å². The minimum absolute atomic E-state index is 0.0193. The topological polar surface area (TPSA) is 137 Å². The quantitative estimate of drug-likeness (QED) is 0.610. The second-order valence-corrected chi connectivity index (χ2v) is 5.24. The Morgan fingerprint density at radius 1 is 1.35 bits per heavy atom. The maximum absolute atomic E-state index is 11.2. The summed E-state index contributed by atoms with van der Waals surface area (Å²) in [5.74, 6) is -0.0729. The Kier molecular flexibility index (Phi) is 4.66. The highest BCUT2D eigenvalue weighted by atomic mass is 79.9. The molecule has 118 valence electrons. The fraction of sp³-hybridized carbons (Fsp3) is 0.143. The number of nitriles is 1. The number of carbonyl (C=O) groups is 1. The zero-order valence-electron chi connectivity index (χ0n) is 12.3. The van der Waals surface area contributed by atoms with Crippen molar-refractivity contribution >= 4 is 33.7 Å². The van der Waals surface area contributed by atoms with Crippen LogP contribution in [-0.2, 0) is 4.79 Å². The number of rotatable bonds is 3. The molecular weight excluding hydrogens is 366 g/mol. The lowest BCUT2D eigenvalue weighted by atomic mass is 10.1. The predicted molar refractivity (Wildman–Crippen MR) is 86.6 cm³/mol. The van der Waals surface area contributed by atoms with Crippen molar-refractivity contribution in [3.05, 3.63) is 22.2 Å². The molecule has 1 heterocycles. The summed E-state index contributed by atoms with van der Waals surface area (Å²) in [4.78, 5) is 19.0. The van der Waals surface area contributed by atoms with E-state index in [9.17, 15) is 10.1 Å². The third kappa shape index (κ3) is 3.32. The molecule has 23 heavy (non-hydrogen) atoms. The first-order chi connectivity index (χ1) is 10.9. The fourth-order valence-corrected chi connectivity index (χ4v) is 2.44. The van der Waals surface area contributed by atoms with Crippen molar-refractivity contribution in [3.8, 4) is 28.8 Å². The Morgan fingerprint density at radius 3 is 2.61 bits per heavy atom. The molecule has 4 N–H and O–H groups in total. The summed E-state index contributed by atoms with van der Waals surface area (Å²) >= 11 is 3.30. The van der Waals surface area contributed by atoms with E-state index in [1.807, 2.05) is 6.07 Å². The number of hydrogen-bond donors (Lipinski definition) is 2. The molecule has 0 amide bonds. The van der Waals surface area contributed by atoms with E-state index in [1.54, 1.807) is 12.1 Å². The molecular formula is C14H12BrN5O3. The molecule has 2 aromatic rings. The highest BCUT2D eigenvalue weighted by molar-refractivity contribution is 9.10. The molecule has 0 aliphatic heterocycles. The number of carbonyl (C=O) groups excluding carboxylic acids is 1. The molecule has 0 aliphatic carbocycles. The Hall–Kier alpha value is -2.86. The first-order valence-electron chi connectivity index (χ1n) is 6.26. The van der Waals surface area contributed by atoms with Gasteiger partial charge in [-0.3, -0.25) is 4.79 Å². The van der Waals surface area contributed by atoms with E-state index in [0.29, 0.717) is 10.0 Å². The summed E-state index contributed by atoms with van der Waals surface area (Å²) in [7, 11) is 1.42. The molecule has 0 saturated heterocycles. The van der Waals surface area contributed by atoms with E-state index in [2.05, 4.69) is 25.9 Å². The molecule has 1 aromatic heterocycles. The number of methoxy groups -OCH3 is 1. The van der Waals surface area contributed by atoms with Crippen LogP contribution in [0.3, 0.4) is 0 Å². The number of hydrogen-bond acceptors (Lipinski definition) is 8. The number of nitrogens with two attached hydrogens (primary N) is 2. The van der Waals surface area contributed by atoms with Crippen LogP contribution < -0.4 is 20.9 Å². The van der Waals surface area contributed by atoms with Crippen molar-refractivity contribution < 1.29 is 14.3 Å². The second kappa shape index (κ2) is 6.50. The number of nitrogens with zero attached hydrogens (tertiary/aromatic N) is 3. The van der Waals surface area contributed by atoms with Gasteiger partial charge in [0.15, 0.2) is 11.5 Å². The van der Waals surface area contributed by atoms with Crippen molar-refractivity contribution in [2.45, 2.75) is 6.92 Å². The minimum atomic E-state index is -0.495. The second-order valence-electron chi connectivity index (χ2n) is 4.39. The first kappa shape index (κ1) is 16.5. The maximum Gasteiger partial charge on any atom is 0.308 e. The van der Waals surface area contributed by atoms with Crippen LogP contribution in [0.4, 0.5) is 11.8 Å². The summed E-state index contributed by atoms with van der Waals surface area (Å²) in [5.41, 5.74) is 12.2. The molecule has 0 saturated carbocycles. The zero-order chi connectivity index (χ0) is 17.1. The molecule has 0 bridgehead atoms. The van der Waals surface area contributed by atoms with Gasteiger partial charge in [0.05, 0.1) is 17.3 Å². The van der Waals surface area contributed by atoms with Crippen LogP contribution >= 0.6 is 15.9 Å². The maximum atomic E-state index is 11.2. The summed E-state index contributed by atoms with van der Waals surface area (Å²) in [6.45, 7) is 1.28. The van der Waals surface area contributed by atoms with Gasteiger partial charge in [-0.15, -0.1) is 0 Å². The van der Waals surface area contributed by atoms with Gasteiger partial charge in [-0.25, -0.2) is 4.98 Å². The third-order valence-corrected chi connectivity index (χ3v) is 3.40. The molecule has 0 fully saturated rings. The van der Waals surface area contributed by atoms with E-state index >= 15 is 0 Å². The molecule has 0 atom stereocenters. The molecule has 1 aromatic carbocycles. The fourth-order valence-electron chi connectivity index (χ4n) is 1.91. The number of ether oxygens (including phenoxy) is 2. The molecule has 9 heteroatoms. The molecule has 0 radical (unpaired) electrons. The van der Waals surface area contributed by atoms with Gasteiger partial charge in [-0.1, -0.05) is 0 Å². The van der Waals surface area contributed by atoms with Crippen molar-refractivity contribution in [3.63, 3.8) is 0 Å². The number of nitrogen functional groups attached to an aromatic ring is 2. The zero-order valence-corrected chi connectivity index (χ0v) is 13.8. The highest BCUT2D eigenvalue weighted by Crippen LogP contribution is 2.40. The normalized spacial score (nSPS) is 10.0. The van der Waals surface area contributed by atoms with E-state index in [-0.39, 0.29) is 34.5 Å². The Bertz CT molecular complexity index is 832. The number of halogens is 1. The van der Waals surface area contributed by atoms with Gasteiger partial charge in [0.25, 0.3) is 0 Å². The van der Waals surface area contributed by atoms with Crippen LogP contribution in [0.25, 0.3) is 11.3 Å². The van der Waals surface area contributed by atoms with Gasteiger partial charge in [0.2, 0.25) is 5.95 Å². The summed E-state index contributed by atoms with van der Waals surface area (Å²) < 4.78 is 10.8. The number of benzene rings is 1. The van der Waals surface area contributed by atoms with Gasteiger partial charge >= 0.3 is 5.97 Å². The molecule has 0 aliphatic rings. The van der Waals surface area contributed by atoms with Crippen molar-refractivity contribution in [1.82, 2.24) is 9.97 Å². The Labute approximate surface area is 140 Å².